The van der Waals surface area contributed by atoms with Crippen LogP contribution in [0.25, 0.3) is 22.3 Å². The molecule has 10 atom stereocenters. The van der Waals surface area contributed by atoms with Crippen LogP contribution in [0.5, 0.6) is 0 Å². The van der Waals surface area contributed by atoms with Gasteiger partial charge in [-0.15, -0.1) is 18.1 Å². The second-order valence-electron chi connectivity index (χ2n) is 9.60. The number of H-pyrrole nitrogens is 1. The summed E-state index contributed by atoms with van der Waals surface area (Å²) in [6, 6.07) is 0. The summed E-state index contributed by atoms with van der Waals surface area (Å²) in [5.74, 6) is -0.145. The highest BCUT2D eigenvalue weighted by atomic mass is 31.1. The fraction of sp³-hybridized carbons (Fsp3) is 0.500. The van der Waals surface area contributed by atoms with Gasteiger partial charge in [0.2, 0.25) is 5.95 Å². The summed E-state index contributed by atoms with van der Waals surface area (Å²) in [5.41, 5.74) is 11.1. The number of anilines is 2. The molecule has 4 aromatic rings. The van der Waals surface area contributed by atoms with E-state index in [4.69, 9.17) is 39.0 Å². The first-order valence-corrected chi connectivity index (χ1v) is 14.7. The minimum absolute atomic E-state index is 0.0773. The Balaban J connectivity index is 1.16. The van der Waals surface area contributed by atoms with E-state index in [9.17, 15) is 19.0 Å². The molecule has 3 saturated heterocycles. The van der Waals surface area contributed by atoms with Crippen LogP contribution in [-0.4, -0.2) is 94.0 Å². The van der Waals surface area contributed by atoms with E-state index in [1.54, 1.807) is 0 Å². The normalized spacial score (nSPS) is 33.7. The van der Waals surface area contributed by atoms with E-state index in [0.29, 0.717) is 0 Å². The van der Waals surface area contributed by atoms with Gasteiger partial charge in [-0.05, 0) is 0 Å². The van der Waals surface area contributed by atoms with Crippen molar-refractivity contribution in [3.05, 3.63) is 29.3 Å². The van der Waals surface area contributed by atoms with E-state index in [1.165, 1.54) is 17.2 Å². The number of ether oxygens (including phenoxy) is 2. The highest BCUT2D eigenvalue weighted by Gasteiger charge is 2.56. The van der Waals surface area contributed by atoms with Crippen molar-refractivity contribution in [3.63, 3.8) is 0 Å². The van der Waals surface area contributed by atoms with Crippen molar-refractivity contribution in [2.45, 2.75) is 49.1 Å². The maximum atomic E-state index is 15.8. The van der Waals surface area contributed by atoms with Gasteiger partial charge in [-0.2, -0.15) is 4.98 Å². The number of rotatable bonds is 2. The van der Waals surface area contributed by atoms with Crippen LogP contribution in [0.2, 0.25) is 0 Å². The van der Waals surface area contributed by atoms with Crippen LogP contribution in [-0.2, 0) is 36.7 Å². The van der Waals surface area contributed by atoms with Gasteiger partial charge in [-0.3, -0.25) is 18.9 Å². The lowest BCUT2D eigenvalue weighted by atomic mass is 10.1. The summed E-state index contributed by atoms with van der Waals surface area (Å²) in [4.78, 5) is 34.6. The summed E-state index contributed by atoms with van der Waals surface area (Å²) in [5, 5.41) is 11.0. The number of aromatic amines is 1. The van der Waals surface area contributed by atoms with E-state index >= 15 is 4.39 Å². The molecular formula is C20H21FN10O10P2+2. The minimum Gasteiger partial charge on any atom is -0.387 e. The van der Waals surface area contributed by atoms with Crippen molar-refractivity contribution in [1.82, 2.24) is 39.0 Å². The zero-order valence-corrected chi connectivity index (χ0v) is 23.2. The lowest BCUT2D eigenvalue weighted by molar-refractivity contribution is -0.0558. The summed E-state index contributed by atoms with van der Waals surface area (Å²) in [6.07, 6.45) is -7.82. The molecule has 0 amide bonds. The Morgan fingerprint density at radius 1 is 0.907 bits per heavy atom. The summed E-state index contributed by atoms with van der Waals surface area (Å²) in [6.45, 7) is -1.07. The molecule has 20 nitrogen and oxygen atoms in total. The Morgan fingerprint density at radius 3 is 2.33 bits per heavy atom. The van der Waals surface area contributed by atoms with Crippen LogP contribution < -0.4 is 17.0 Å². The number of aliphatic hydroxyl groups is 1. The highest BCUT2D eigenvalue weighted by molar-refractivity contribution is 7.33. The van der Waals surface area contributed by atoms with Gasteiger partial charge in [0.1, 0.15) is 43.4 Å². The Labute approximate surface area is 239 Å². The quantitative estimate of drug-likeness (QED) is 0.205. The molecule has 0 spiro atoms. The third kappa shape index (κ3) is 4.84. The number of halogens is 1. The van der Waals surface area contributed by atoms with Crippen LogP contribution in [0.4, 0.5) is 16.2 Å². The average molecular weight is 642 g/mol. The monoisotopic (exact) mass is 642 g/mol. The summed E-state index contributed by atoms with van der Waals surface area (Å²) in [7, 11) is -5.99. The van der Waals surface area contributed by atoms with E-state index in [-0.39, 0.29) is 34.1 Å². The molecule has 3 aliphatic heterocycles. The fourth-order valence-corrected chi connectivity index (χ4v) is 6.62. The molecule has 23 heteroatoms. The third-order valence-electron chi connectivity index (χ3n) is 7.07. The number of imidazole rings is 2. The number of nitrogen functional groups attached to an aromatic ring is 2. The van der Waals surface area contributed by atoms with E-state index in [2.05, 4.69) is 29.9 Å². The average Bonchev–Trinajstić information content (AvgIpc) is 3.72. The predicted molar refractivity (Wildman–Crippen MR) is 138 cm³/mol. The van der Waals surface area contributed by atoms with Gasteiger partial charge in [0.25, 0.3) is 5.56 Å². The first-order valence-electron chi connectivity index (χ1n) is 12.5. The van der Waals surface area contributed by atoms with Crippen LogP contribution in [0.3, 0.4) is 0 Å². The highest BCUT2D eigenvalue weighted by Crippen LogP contribution is 2.45. The number of aliphatic hydroxyl groups excluding tert-OH is 1. The van der Waals surface area contributed by atoms with E-state index in [1.807, 2.05) is 0 Å². The van der Waals surface area contributed by atoms with Gasteiger partial charge < -0.3 is 26.0 Å². The van der Waals surface area contributed by atoms with Crippen molar-refractivity contribution in [1.29, 1.82) is 0 Å². The fourth-order valence-electron chi connectivity index (χ4n) is 5.09. The van der Waals surface area contributed by atoms with Crippen molar-refractivity contribution >= 4 is 50.6 Å². The number of aromatic nitrogens is 8. The Hall–Kier alpha value is -3.65. The minimum atomic E-state index is -3.01. The maximum absolute atomic E-state index is 15.8. The second-order valence-corrected chi connectivity index (χ2v) is 11.4. The van der Waals surface area contributed by atoms with Crippen LogP contribution in [0.15, 0.2) is 23.8 Å². The van der Waals surface area contributed by atoms with Crippen LogP contribution >= 0.6 is 16.5 Å². The van der Waals surface area contributed by atoms with Crippen molar-refractivity contribution in [3.8, 4) is 0 Å². The number of nitrogens with two attached hydrogens (primary N) is 2. The molecule has 3 aliphatic rings. The Morgan fingerprint density at radius 2 is 1.56 bits per heavy atom. The third-order valence-corrected chi connectivity index (χ3v) is 8.62. The number of hydrogen-bond donors (Lipinski definition) is 4. The molecule has 226 valence electrons. The van der Waals surface area contributed by atoms with Gasteiger partial charge in [-0.25, -0.2) is 24.3 Å². The lowest BCUT2D eigenvalue weighted by Gasteiger charge is -2.17. The molecule has 3 fully saturated rings. The van der Waals surface area contributed by atoms with Crippen LogP contribution in [0, 0.1) is 0 Å². The summed E-state index contributed by atoms with van der Waals surface area (Å²) >= 11 is 0. The number of fused-ring (bicyclic) bond motifs is 5. The Kier molecular flexibility index (Phi) is 7.07. The molecule has 0 aromatic carbocycles. The topological polar surface area (TPSA) is 269 Å². The van der Waals surface area contributed by atoms with Crippen molar-refractivity contribution in [2.75, 3.05) is 24.7 Å². The molecule has 6 N–H and O–H groups in total. The molecule has 2 unspecified atom stereocenters. The number of nitrogens with one attached hydrogen (secondary N) is 1. The van der Waals surface area contributed by atoms with Gasteiger partial charge >= 0.3 is 16.5 Å². The molecule has 4 aromatic heterocycles. The molecule has 2 bridgehead atoms. The van der Waals surface area contributed by atoms with Crippen LogP contribution in [0.1, 0.15) is 12.5 Å². The lowest BCUT2D eigenvalue weighted by Crippen LogP contribution is -2.34. The first-order chi connectivity index (χ1) is 20.7. The smallest absolute Gasteiger partial charge is 0.387 e. The predicted octanol–water partition coefficient (Wildman–Crippen LogP) is -0.250. The molecule has 0 aliphatic carbocycles. The van der Waals surface area contributed by atoms with Gasteiger partial charge in [0.05, 0.1) is 12.7 Å². The number of alkyl halides is 1. The van der Waals surface area contributed by atoms with Gasteiger partial charge in [0, 0.05) is 9.13 Å². The van der Waals surface area contributed by atoms with Gasteiger partial charge in [-0.1, -0.05) is 0 Å². The zero-order chi connectivity index (χ0) is 30.0. The molecule has 0 radical (unpaired) electrons. The van der Waals surface area contributed by atoms with Gasteiger partial charge in [0.15, 0.2) is 53.5 Å². The molecule has 0 saturated carbocycles. The number of hydrogen-bond acceptors (Lipinski definition) is 17. The summed E-state index contributed by atoms with van der Waals surface area (Å²) < 4.78 is 77.3. The standard InChI is InChI=1S/C20H20FN10O10P2/c21-8-12-7(39-18(8)31-5-27-10-16(31)28-20(23)29-17(10)33)2-37-43(35)41-13-11(32)6(1-36-42(34)40-12)38-19(13)30-4-26-9-14(22)24-3-25-15(9)30/h3-8,11-13,18-19,32H,1-2H2,(H4-,22,23,24,25,28,29,33)/q+1/p+1/t6-,7-,8-,11-,12-,13-,18-,19-/m1/s1. The van der Waals surface area contributed by atoms with E-state index < -0.39 is 84.4 Å². The second kappa shape index (κ2) is 10.8. The molecule has 43 heavy (non-hydrogen) atoms. The Bertz CT molecular complexity index is 1800. The SMILES string of the molecule is Nc1nc2c(ncn2[C@@H]2O[C@@H]3CO[P+](=O)O[C@@H]4[C@H](O)[C@@H](CO[P+](=O)O[C@H]3[C@H]2F)O[C@H]4n2cnc3c(N)ncnc32)c(=O)[nH]1. The molecule has 7 rings (SSSR count). The van der Waals surface area contributed by atoms with Crippen molar-refractivity contribution in [2.24, 2.45) is 0 Å². The number of nitrogens with zero attached hydrogens (tertiary/aromatic N) is 7. The zero-order valence-electron chi connectivity index (χ0n) is 21.4. The largest absolute Gasteiger partial charge is 0.698 e. The first kappa shape index (κ1) is 28.1. The molecule has 7 heterocycles. The maximum Gasteiger partial charge on any atom is 0.698 e. The van der Waals surface area contributed by atoms with E-state index in [0.717, 1.165) is 10.9 Å². The molecular weight excluding hydrogens is 621 g/mol. The van der Waals surface area contributed by atoms with Crippen molar-refractivity contribution < 1.29 is 46.2 Å².